The summed E-state index contributed by atoms with van der Waals surface area (Å²) in [6.45, 7) is 0. The fraction of sp³-hybridized carbons (Fsp3) is 0. The second kappa shape index (κ2) is 57.0. The number of hydrogen-bond donors (Lipinski definition) is 0. The van der Waals surface area contributed by atoms with Crippen LogP contribution in [0.15, 0.2) is 0 Å². The van der Waals surface area contributed by atoms with Gasteiger partial charge in [-0.1, -0.05) is 0 Å². The predicted molar refractivity (Wildman–Crippen MR) is 67.7 cm³/mol. The molecule has 0 amide bonds. The van der Waals surface area contributed by atoms with Crippen molar-refractivity contribution in [2.75, 3.05) is 0 Å². The van der Waals surface area contributed by atoms with Gasteiger partial charge in [0.05, 0.1) is 0 Å². The van der Waals surface area contributed by atoms with E-state index in [1.165, 1.54) is 0 Å². The molecule has 8 heavy (non-hydrogen) atoms. The van der Waals surface area contributed by atoms with Gasteiger partial charge >= 0.3 is 0 Å². The van der Waals surface area contributed by atoms with Crippen molar-refractivity contribution in [1.82, 2.24) is 0 Å². The van der Waals surface area contributed by atoms with E-state index in [1.807, 2.05) is 0 Å². The summed E-state index contributed by atoms with van der Waals surface area (Å²) in [4.78, 5) is 0. The average Bonchev–Trinajstić information content (AvgIpc) is 0. The quantitative estimate of drug-likeness (QED) is 0.363. The van der Waals surface area contributed by atoms with Crippen LogP contribution in [-0.4, -0.2) is 51.4 Å². The van der Waals surface area contributed by atoms with E-state index in [0.29, 0.717) is 0 Å². The molecular formula is H6Br6KRh. The van der Waals surface area contributed by atoms with Crippen molar-refractivity contribution in [1.29, 1.82) is 0 Å². The van der Waals surface area contributed by atoms with Crippen molar-refractivity contribution in [2.24, 2.45) is 0 Å². The van der Waals surface area contributed by atoms with Gasteiger partial charge in [0.2, 0.25) is 0 Å². The van der Waals surface area contributed by atoms with Crippen molar-refractivity contribution >= 4 is 153 Å². The molecule has 0 N–H and O–H groups in total. The minimum absolute atomic E-state index is 0. The van der Waals surface area contributed by atoms with Crippen LogP contribution in [0.4, 0.5) is 0 Å². The molecule has 58 valence electrons. The zero-order valence-corrected chi connectivity index (χ0v) is 18.8. The third-order valence-corrected chi connectivity index (χ3v) is 0. The minimum atomic E-state index is 0. The summed E-state index contributed by atoms with van der Waals surface area (Å²) in [6, 6.07) is 0. The Labute approximate surface area is 168 Å². The van der Waals surface area contributed by atoms with Crippen LogP contribution < -0.4 is 0 Å². The fourth-order valence-electron chi connectivity index (χ4n) is 0. The molecule has 0 atom stereocenters. The molecule has 0 heterocycles. The molecule has 0 aromatic rings. The zero-order valence-electron chi connectivity index (χ0n) is 3.78. The first-order chi connectivity index (χ1) is 0. The molecule has 0 saturated carbocycles. The van der Waals surface area contributed by atoms with Gasteiger partial charge in [-0.2, -0.15) is 0 Å². The van der Waals surface area contributed by atoms with Crippen LogP contribution in [0.25, 0.3) is 0 Å². The van der Waals surface area contributed by atoms with Crippen LogP contribution in [-0.2, 0) is 19.5 Å². The maximum atomic E-state index is 0. The first kappa shape index (κ1) is 73.3. The first-order valence-corrected chi connectivity index (χ1v) is 0. The molecular weight excluding hydrogens is 621 g/mol. The van der Waals surface area contributed by atoms with E-state index in [4.69, 9.17) is 0 Å². The van der Waals surface area contributed by atoms with Gasteiger partial charge in [0, 0.05) is 70.9 Å². The van der Waals surface area contributed by atoms with Gasteiger partial charge in [0.15, 0.2) is 0 Å². The predicted octanol–water partition coefficient (Wildman–Crippen LogP) is 3.08. The van der Waals surface area contributed by atoms with Crippen LogP contribution in [0.5, 0.6) is 0 Å². The minimum Gasteiger partial charge on any atom is -0.114 e. The Kier molecular flexibility index (Phi) is 523. The topological polar surface area (TPSA) is 0 Å². The molecule has 0 saturated heterocycles. The fourth-order valence-corrected chi connectivity index (χ4v) is 0. The molecule has 0 aromatic carbocycles. The third kappa shape index (κ3) is 43.4. The second-order valence-corrected chi connectivity index (χ2v) is 0. The van der Waals surface area contributed by atoms with Crippen molar-refractivity contribution in [3.63, 3.8) is 0 Å². The first-order valence-electron chi connectivity index (χ1n) is 0. The molecule has 0 aliphatic carbocycles. The van der Waals surface area contributed by atoms with Crippen LogP contribution in [0.3, 0.4) is 0 Å². The largest absolute Gasteiger partial charge is 0.114 e. The van der Waals surface area contributed by atoms with E-state index >= 15 is 0 Å². The summed E-state index contributed by atoms with van der Waals surface area (Å²) >= 11 is 0. The van der Waals surface area contributed by atoms with Crippen LogP contribution in [0, 0.1) is 0 Å². The van der Waals surface area contributed by atoms with Gasteiger partial charge in [-0.25, -0.2) is 0 Å². The summed E-state index contributed by atoms with van der Waals surface area (Å²) in [5.41, 5.74) is 0. The molecule has 2 radical (unpaired) electrons. The third-order valence-electron chi connectivity index (χ3n) is 0. The average molecular weight is 627 g/mol. The molecule has 8 heteroatoms. The number of hydrogen-bond acceptors (Lipinski definition) is 0. The van der Waals surface area contributed by atoms with Gasteiger partial charge < -0.3 is 0 Å². The summed E-state index contributed by atoms with van der Waals surface area (Å²) in [5.74, 6) is 0. The van der Waals surface area contributed by atoms with Gasteiger partial charge in [-0.15, -0.1) is 102 Å². The smallest absolute Gasteiger partial charge is 0 e. The zero-order chi connectivity index (χ0) is 0. The van der Waals surface area contributed by atoms with Gasteiger partial charge in [-0.05, 0) is 0 Å². The Morgan fingerprint density at radius 2 is 0.375 bits per heavy atom. The molecule has 0 spiro atoms. The maximum Gasteiger partial charge on any atom is 0 e. The van der Waals surface area contributed by atoms with E-state index in [2.05, 4.69) is 0 Å². The molecule has 0 bridgehead atoms. The molecule has 0 rings (SSSR count). The Bertz CT molecular complexity index is 8.49. The molecule has 0 aliphatic rings. The maximum absolute atomic E-state index is 0. The summed E-state index contributed by atoms with van der Waals surface area (Å²) in [5, 5.41) is 0. The van der Waals surface area contributed by atoms with E-state index in [1.54, 1.807) is 0 Å². The molecule has 0 aliphatic heterocycles. The molecule has 0 fully saturated rings. The van der Waals surface area contributed by atoms with Gasteiger partial charge in [0.25, 0.3) is 0 Å². The van der Waals surface area contributed by atoms with E-state index in [0.717, 1.165) is 0 Å². The standard InChI is InChI=1S/6BrH.K.Rh/h6*1H;;. The van der Waals surface area contributed by atoms with Crippen LogP contribution >= 0.6 is 102 Å². The van der Waals surface area contributed by atoms with Crippen LogP contribution in [0.1, 0.15) is 0 Å². The van der Waals surface area contributed by atoms with E-state index < -0.39 is 0 Å². The summed E-state index contributed by atoms with van der Waals surface area (Å²) in [7, 11) is 0. The van der Waals surface area contributed by atoms with Crippen molar-refractivity contribution in [3.05, 3.63) is 0 Å². The van der Waals surface area contributed by atoms with Gasteiger partial charge in [0.1, 0.15) is 0 Å². The van der Waals surface area contributed by atoms with E-state index in [9.17, 15) is 0 Å². The summed E-state index contributed by atoms with van der Waals surface area (Å²) in [6.07, 6.45) is 0. The Balaban J connectivity index is 0. The molecule has 0 aromatic heterocycles. The van der Waals surface area contributed by atoms with Crippen LogP contribution in [0.2, 0.25) is 0 Å². The van der Waals surface area contributed by atoms with Gasteiger partial charge in [-0.3, -0.25) is 0 Å². The Morgan fingerprint density at radius 1 is 0.375 bits per heavy atom. The second-order valence-electron chi connectivity index (χ2n) is 0. The molecule has 0 unspecified atom stereocenters. The normalized spacial score (nSPS) is 0. The Hall–Kier alpha value is 5.14. The van der Waals surface area contributed by atoms with Crippen molar-refractivity contribution in [2.45, 2.75) is 0 Å². The van der Waals surface area contributed by atoms with E-state index in [-0.39, 0.29) is 173 Å². The summed E-state index contributed by atoms with van der Waals surface area (Å²) < 4.78 is 0. The monoisotopic (exact) mass is 621 g/mol. The number of rotatable bonds is 0. The van der Waals surface area contributed by atoms with Crippen molar-refractivity contribution in [3.8, 4) is 0 Å². The Morgan fingerprint density at radius 3 is 0.375 bits per heavy atom. The molecule has 0 nitrogen and oxygen atoms in total. The SMILES string of the molecule is Br.Br.Br.Br.Br.Br.[K].[Rh]. The number of halogens is 6. The van der Waals surface area contributed by atoms with Crippen molar-refractivity contribution < 1.29 is 19.5 Å².